The second-order valence-electron chi connectivity index (χ2n) is 3.68. The first-order chi connectivity index (χ1) is 9.06. The third-order valence-electron chi connectivity index (χ3n) is 2.63. The smallest absolute Gasteiger partial charge is 0.321 e. The fraction of sp³-hybridized carbons (Fsp3) is 0.400. The van der Waals surface area contributed by atoms with Crippen LogP contribution in [0, 0.1) is 10.1 Å². The molecule has 2 heterocycles. The largest absolute Gasteiger partial charge is 0.378 e. The van der Waals surface area contributed by atoms with Crippen LogP contribution in [0.15, 0.2) is 16.2 Å². The number of hydrogen-bond acceptors (Lipinski definition) is 6. The van der Waals surface area contributed by atoms with Gasteiger partial charge in [-0.3, -0.25) is 10.1 Å². The van der Waals surface area contributed by atoms with Gasteiger partial charge in [-0.15, -0.1) is 11.3 Å². The van der Waals surface area contributed by atoms with Gasteiger partial charge in [0.25, 0.3) is 0 Å². The fourth-order valence-electron chi connectivity index (χ4n) is 1.80. The molecule has 0 radical (unpaired) electrons. The van der Waals surface area contributed by atoms with Gasteiger partial charge in [0.2, 0.25) is 0 Å². The average Bonchev–Trinajstić information content (AvgIpc) is 2.76. The Morgan fingerprint density at radius 2 is 2.16 bits per heavy atom. The van der Waals surface area contributed by atoms with Crippen LogP contribution < -0.4 is 4.90 Å². The summed E-state index contributed by atoms with van der Waals surface area (Å²) in [7, 11) is -1.62. The van der Waals surface area contributed by atoms with Crippen molar-refractivity contribution in [2.45, 2.75) is 4.21 Å². The molecule has 1 saturated heterocycles. The number of rotatable bonds is 4. The van der Waals surface area contributed by atoms with E-state index in [1.54, 1.807) is 4.90 Å². The Kier molecular flexibility index (Phi) is 4.56. The van der Waals surface area contributed by atoms with E-state index in [1.165, 1.54) is 0 Å². The molecule has 1 aliphatic heterocycles. The molecule has 1 atom stereocenters. The predicted molar refractivity (Wildman–Crippen MR) is 75.6 cm³/mol. The van der Waals surface area contributed by atoms with E-state index in [2.05, 4.69) is 6.58 Å². The maximum atomic E-state index is 11.8. The third kappa shape index (κ3) is 2.81. The third-order valence-corrected chi connectivity index (χ3v) is 5.40. The van der Waals surface area contributed by atoms with Crippen molar-refractivity contribution in [1.29, 1.82) is 0 Å². The molecule has 1 aromatic heterocycles. The minimum atomic E-state index is -1.62. The lowest BCUT2D eigenvalue weighted by Crippen LogP contribution is -2.36. The summed E-state index contributed by atoms with van der Waals surface area (Å²) >= 11 is 7.06. The Morgan fingerprint density at radius 3 is 2.68 bits per heavy atom. The maximum Gasteiger partial charge on any atom is 0.321 e. The minimum absolute atomic E-state index is 0.131. The predicted octanol–water partition coefficient (Wildman–Crippen LogP) is 2.40. The number of morpholine rings is 1. The van der Waals surface area contributed by atoms with Gasteiger partial charge >= 0.3 is 5.69 Å². The normalized spacial score (nSPS) is 17.2. The van der Waals surface area contributed by atoms with Gasteiger partial charge in [-0.25, -0.2) is 4.21 Å². The van der Waals surface area contributed by atoms with Gasteiger partial charge < -0.3 is 9.64 Å². The number of thiophene rings is 1. The summed E-state index contributed by atoms with van der Waals surface area (Å²) in [6, 6.07) is 0. The molecule has 19 heavy (non-hydrogen) atoms. The van der Waals surface area contributed by atoms with Crippen molar-refractivity contribution in [2.24, 2.45) is 0 Å². The highest BCUT2D eigenvalue weighted by Gasteiger charge is 2.33. The molecule has 1 aromatic rings. The van der Waals surface area contributed by atoms with Crippen molar-refractivity contribution in [3.8, 4) is 0 Å². The zero-order valence-electron chi connectivity index (χ0n) is 9.83. The van der Waals surface area contributed by atoms with E-state index in [1.807, 2.05) is 0 Å². The molecule has 9 heteroatoms. The lowest BCUT2D eigenvalue weighted by Gasteiger charge is -2.27. The number of halogens is 1. The summed E-state index contributed by atoms with van der Waals surface area (Å²) in [5.41, 5.74) is 0.153. The Hall–Kier alpha value is -0.960. The number of hydrogen-bond donors (Lipinski definition) is 0. The molecule has 0 amide bonds. The van der Waals surface area contributed by atoms with Crippen molar-refractivity contribution in [3.05, 3.63) is 26.4 Å². The summed E-state index contributed by atoms with van der Waals surface area (Å²) in [5.74, 6) is 0. The number of anilines is 1. The topological polar surface area (TPSA) is 72.7 Å². The van der Waals surface area contributed by atoms with Crippen LogP contribution in [0.4, 0.5) is 11.4 Å². The molecule has 6 nitrogen and oxygen atoms in total. The lowest BCUT2D eigenvalue weighted by atomic mass is 10.3. The van der Waals surface area contributed by atoms with Crippen molar-refractivity contribution >= 4 is 45.1 Å². The lowest BCUT2D eigenvalue weighted by molar-refractivity contribution is -0.386. The molecular formula is C10H11ClN2O4S2. The second kappa shape index (κ2) is 6.00. The van der Waals surface area contributed by atoms with E-state index >= 15 is 0 Å². The van der Waals surface area contributed by atoms with Crippen LogP contribution in [0.1, 0.15) is 0 Å². The summed E-state index contributed by atoms with van der Waals surface area (Å²) in [5, 5.41) is 12.4. The number of nitro groups is 1. The number of nitrogens with zero attached hydrogens (tertiary/aromatic N) is 2. The van der Waals surface area contributed by atoms with Crippen LogP contribution in [-0.2, 0) is 15.5 Å². The van der Waals surface area contributed by atoms with Crippen LogP contribution in [-0.4, -0.2) is 35.4 Å². The van der Waals surface area contributed by atoms with E-state index < -0.39 is 15.7 Å². The Morgan fingerprint density at radius 1 is 1.53 bits per heavy atom. The number of ether oxygens (including phenoxy) is 1. The molecule has 0 aliphatic carbocycles. The summed E-state index contributed by atoms with van der Waals surface area (Å²) in [6.07, 6.45) is 0. The Labute approximate surface area is 121 Å². The van der Waals surface area contributed by atoms with Crippen LogP contribution in [0.2, 0.25) is 4.34 Å². The van der Waals surface area contributed by atoms with Crippen molar-refractivity contribution in [2.75, 3.05) is 31.2 Å². The summed E-state index contributed by atoms with van der Waals surface area (Å²) in [6.45, 7) is 5.43. The van der Waals surface area contributed by atoms with Gasteiger partial charge in [-0.1, -0.05) is 18.2 Å². The molecule has 2 rings (SSSR count). The van der Waals surface area contributed by atoms with Gasteiger partial charge in [0.1, 0.15) is 10.0 Å². The van der Waals surface area contributed by atoms with E-state index in [-0.39, 0.29) is 14.2 Å². The van der Waals surface area contributed by atoms with Crippen molar-refractivity contribution in [1.82, 2.24) is 0 Å². The van der Waals surface area contributed by atoms with E-state index in [9.17, 15) is 14.3 Å². The molecule has 0 spiro atoms. The monoisotopic (exact) mass is 322 g/mol. The summed E-state index contributed by atoms with van der Waals surface area (Å²) in [4.78, 5) is 12.5. The Bertz CT molecular complexity index is 540. The first-order valence-electron chi connectivity index (χ1n) is 5.38. The minimum Gasteiger partial charge on any atom is -0.378 e. The molecule has 1 fully saturated rings. The van der Waals surface area contributed by atoms with Gasteiger partial charge in [-0.05, 0) is 0 Å². The van der Waals surface area contributed by atoms with Gasteiger partial charge in [0, 0.05) is 18.5 Å². The van der Waals surface area contributed by atoms with Crippen molar-refractivity contribution in [3.63, 3.8) is 0 Å². The molecule has 1 aliphatic rings. The standard InChI is InChI=1S/C10H11ClN2O4S2/c1-2-19(16)10-8(13(14)15)7(9(11)18-10)12-3-5-17-6-4-12/h2H,1,3-6H2/t19-/m0/s1. The molecule has 0 saturated carbocycles. The maximum absolute atomic E-state index is 11.8. The van der Waals surface area contributed by atoms with Gasteiger partial charge in [0.05, 0.1) is 28.9 Å². The first-order valence-corrected chi connectivity index (χ1v) is 7.79. The SMILES string of the molecule is C=C[S@](=O)c1sc(Cl)c(N2CCOCC2)c1[N+](=O)[O-]. The van der Waals surface area contributed by atoms with Crippen LogP contribution in [0.5, 0.6) is 0 Å². The first kappa shape index (κ1) is 14.4. The van der Waals surface area contributed by atoms with Crippen LogP contribution in [0.25, 0.3) is 0 Å². The van der Waals surface area contributed by atoms with E-state index in [0.717, 1.165) is 16.7 Å². The molecule has 0 bridgehead atoms. The van der Waals surface area contributed by atoms with Crippen LogP contribution >= 0.6 is 22.9 Å². The highest BCUT2D eigenvalue weighted by Crippen LogP contribution is 2.47. The van der Waals surface area contributed by atoms with Gasteiger partial charge in [0.15, 0.2) is 4.21 Å². The van der Waals surface area contributed by atoms with E-state index in [4.69, 9.17) is 16.3 Å². The zero-order chi connectivity index (χ0) is 14.0. The quantitative estimate of drug-likeness (QED) is 0.628. The zero-order valence-corrected chi connectivity index (χ0v) is 12.2. The molecule has 0 aromatic carbocycles. The van der Waals surface area contributed by atoms with Crippen molar-refractivity contribution < 1.29 is 13.9 Å². The molecular weight excluding hydrogens is 312 g/mol. The summed E-state index contributed by atoms with van der Waals surface area (Å²) < 4.78 is 17.4. The highest BCUT2D eigenvalue weighted by atomic mass is 35.5. The molecule has 0 unspecified atom stereocenters. The Balaban J connectivity index is 2.52. The highest BCUT2D eigenvalue weighted by molar-refractivity contribution is 7.90. The van der Waals surface area contributed by atoms with Crippen LogP contribution in [0.3, 0.4) is 0 Å². The molecule has 104 valence electrons. The second-order valence-corrected chi connectivity index (χ2v) is 6.90. The fourth-order valence-corrected chi connectivity index (χ4v) is 4.43. The average molecular weight is 323 g/mol. The molecule has 0 N–H and O–H groups in total. The van der Waals surface area contributed by atoms with E-state index in [0.29, 0.717) is 32.0 Å². The van der Waals surface area contributed by atoms with Gasteiger partial charge in [-0.2, -0.15) is 0 Å².